The molecule has 0 saturated carbocycles. The molecule has 5 heteroatoms. The predicted octanol–water partition coefficient (Wildman–Crippen LogP) is 1.39. The predicted molar refractivity (Wildman–Crippen MR) is 75.9 cm³/mol. The van der Waals surface area contributed by atoms with Crippen molar-refractivity contribution in [3.63, 3.8) is 0 Å². The molecule has 1 aromatic rings. The first kappa shape index (κ1) is 14.1. The van der Waals surface area contributed by atoms with Crippen molar-refractivity contribution < 1.29 is 9.53 Å². The van der Waals surface area contributed by atoms with Gasteiger partial charge in [0, 0.05) is 32.0 Å². The van der Waals surface area contributed by atoms with Crippen molar-refractivity contribution in [2.75, 3.05) is 38.3 Å². The molecule has 20 heavy (non-hydrogen) atoms. The van der Waals surface area contributed by atoms with Crippen molar-refractivity contribution in [1.82, 2.24) is 4.90 Å². The number of morpholine rings is 1. The zero-order valence-corrected chi connectivity index (χ0v) is 11.5. The molecule has 1 aliphatic rings. The number of hydrogen-bond acceptors (Lipinski definition) is 4. The Morgan fingerprint density at radius 2 is 2.00 bits per heavy atom. The van der Waals surface area contributed by atoms with Gasteiger partial charge in [-0.2, -0.15) is 5.26 Å². The smallest absolute Gasteiger partial charge is 0.266 e. The molecular formula is C15H17N3O2. The maximum atomic E-state index is 12.2. The van der Waals surface area contributed by atoms with Crippen LogP contribution in [-0.4, -0.2) is 44.2 Å². The molecule has 0 unspecified atom stereocenters. The van der Waals surface area contributed by atoms with Crippen LogP contribution in [0.3, 0.4) is 0 Å². The molecule has 0 aromatic heterocycles. The second-order valence-corrected chi connectivity index (χ2v) is 4.51. The number of carbonyl (C=O) groups is 1. The van der Waals surface area contributed by atoms with Crippen LogP contribution in [0, 0.1) is 11.3 Å². The number of nitrogens with zero attached hydrogens (tertiary/aromatic N) is 3. The van der Waals surface area contributed by atoms with Gasteiger partial charge in [0.05, 0.1) is 13.2 Å². The van der Waals surface area contributed by atoms with E-state index in [9.17, 15) is 10.1 Å². The van der Waals surface area contributed by atoms with E-state index in [4.69, 9.17) is 4.74 Å². The van der Waals surface area contributed by atoms with E-state index < -0.39 is 0 Å². The van der Waals surface area contributed by atoms with Gasteiger partial charge in [-0.1, -0.05) is 18.2 Å². The van der Waals surface area contributed by atoms with Crippen LogP contribution in [0.25, 0.3) is 0 Å². The Morgan fingerprint density at radius 3 is 2.60 bits per heavy atom. The molecule has 0 radical (unpaired) electrons. The molecule has 2 rings (SSSR count). The standard InChI is InChI=1S/C15H17N3O2/c1-17(14-5-3-2-4-6-14)12-13(11-16)15(19)18-7-9-20-10-8-18/h2-6,12H,7-10H2,1H3/b13-12-. The molecule has 0 atom stereocenters. The molecule has 1 saturated heterocycles. The largest absolute Gasteiger partial charge is 0.378 e. The normalized spacial score (nSPS) is 15.6. The lowest BCUT2D eigenvalue weighted by Crippen LogP contribution is -2.41. The number of carbonyl (C=O) groups excluding carboxylic acids is 1. The minimum absolute atomic E-state index is 0.137. The maximum absolute atomic E-state index is 12.2. The van der Waals surface area contributed by atoms with E-state index in [1.807, 2.05) is 43.4 Å². The van der Waals surface area contributed by atoms with Gasteiger partial charge < -0.3 is 14.5 Å². The minimum Gasteiger partial charge on any atom is -0.378 e. The molecule has 0 spiro atoms. The van der Waals surface area contributed by atoms with E-state index in [1.54, 1.807) is 16.0 Å². The van der Waals surface area contributed by atoms with E-state index in [1.165, 1.54) is 0 Å². The second kappa shape index (κ2) is 6.73. The highest BCUT2D eigenvalue weighted by Crippen LogP contribution is 2.13. The summed E-state index contributed by atoms with van der Waals surface area (Å²) in [5.74, 6) is -0.237. The van der Waals surface area contributed by atoms with Crippen LogP contribution in [0.5, 0.6) is 0 Å². The first-order valence-corrected chi connectivity index (χ1v) is 6.49. The highest BCUT2D eigenvalue weighted by Gasteiger charge is 2.21. The zero-order chi connectivity index (χ0) is 14.4. The van der Waals surface area contributed by atoms with E-state index in [0.717, 1.165) is 5.69 Å². The zero-order valence-electron chi connectivity index (χ0n) is 11.5. The van der Waals surface area contributed by atoms with E-state index >= 15 is 0 Å². The summed E-state index contributed by atoms with van der Waals surface area (Å²) in [4.78, 5) is 15.7. The SMILES string of the molecule is CN(/C=C(/C#N)C(=O)N1CCOCC1)c1ccccc1. The van der Waals surface area contributed by atoms with Crippen molar-refractivity contribution in [1.29, 1.82) is 5.26 Å². The molecule has 104 valence electrons. The summed E-state index contributed by atoms with van der Waals surface area (Å²) in [5.41, 5.74) is 1.06. The fourth-order valence-electron chi connectivity index (χ4n) is 2.00. The topological polar surface area (TPSA) is 56.6 Å². The number of hydrogen-bond donors (Lipinski definition) is 0. The lowest BCUT2D eigenvalue weighted by molar-refractivity contribution is -0.130. The highest BCUT2D eigenvalue weighted by atomic mass is 16.5. The maximum Gasteiger partial charge on any atom is 0.266 e. The fourth-order valence-corrected chi connectivity index (χ4v) is 2.00. The van der Waals surface area contributed by atoms with Crippen molar-refractivity contribution in [3.8, 4) is 6.07 Å². The third kappa shape index (κ3) is 3.37. The summed E-state index contributed by atoms with van der Waals surface area (Å²) in [5, 5.41) is 9.20. The Labute approximate surface area is 118 Å². The van der Waals surface area contributed by atoms with Gasteiger partial charge in [-0.15, -0.1) is 0 Å². The molecule has 1 aliphatic heterocycles. The molecule has 0 aliphatic carbocycles. The van der Waals surface area contributed by atoms with Crippen LogP contribution in [0.1, 0.15) is 0 Å². The average molecular weight is 271 g/mol. The average Bonchev–Trinajstić information content (AvgIpc) is 2.53. The summed E-state index contributed by atoms with van der Waals surface area (Å²) in [6.07, 6.45) is 1.58. The number of rotatable bonds is 3. The summed E-state index contributed by atoms with van der Waals surface area (Å²) in [6, 6.07) is 11.6. The van der Waals surface area contributed by atoms with E-state index in [0.29, 0.717) is 26.3 Å². The van der Waals surface area contributed by atoms with E-state index in [2.05, 4.69) is 0 Å². The van der Waals surface area contributed by atoms with Gasteiger partial charge in [0.2, 0.25) is 0 Å². The number of anilines is 1. The van der Waals surface area contributed by atoms with Crippen LogP contribution in [0.15, 0.2) is 42.1 Å². The number of amides is 1. The third-order valence-electron chi connectivity index (χ3n) is 3.14. The second-order valence-electron chi connectivity index (χ2n) is 4.51. The van der Waals surface area contributed by atoms with E-state index in [-0.39, 0.29) is 11.5 Å². The van der Waals surface area contributed by atoms with Crippen LogP contribution < -0.4 is 4.90 Å². The Kier molecular flexibility index (Phi) is 4.75. The Morgan fingerprint density at radius 1 is 1.35 bits per heavy atom. The number of benzene rings is 1. The van der Waals surface area contributed by atoms with Crippen LogP contribution in [-0.2, 0) is 9.53 Å². The number of para-hydroxylation sites is 1. The monoisotopic (exact) mass is 271 g/mol. The number of ether oxygens (including phenoxy) is 1. The summed E-state index contributed by atoms with van der Waals surface area (Å²) < 4.78 is 5.21. The van der Waals surface area contributed by atoms with Crippen molar-refractivity contribution in [2.24, 2.45) is 0 Å². The number of nitriles is 1. The minimum atomic E-state index is -0.237. The van der Waals surface area contributed by atoms with Crippen LogP contribution in [0.4, 0.5) is 5.69 Å². The van der Waals surface area contributed by atoms with Gasteiger partial charge in [-0.25, -0.2) is 0 Å². The van der Waals surface area contributed by atoms with Crippen LogP contribution >= 0.6 is 0 Å². The first-order valence-electron chi connectivity index (χ1n) is 6.49. The van der Waals surface area contributed by atoms with Crippen molar-refractivity contribution in [3.05, 3.63) is 42.1 Å². The van der Waals surface area contributed by atoms with Gasteiger partial charge in [-0.3, -0.25) is 4.79 Å². The van der Waals surface area contributed by atoms with Crippen LogP contribution in [0.2, 0.25) is 0 Å². The summed E-state index contributed by atoms with van der Waals surface area (Å²) >= 11 is 0. The molecular weight excluding hydrogens is 254 g/mol. The first-order chi connectivity index (χ1) is 9.72. The van der Waals surface area contributed by atoms with Gasteiger partial charge in [0.1, 0.15) is 11.6 Å². The quantitative estimate of drug-likeness (QED) is 0.616. The molecule has 0 N–H and O–H groups in total. The lowest BCUT2D eigenvalue weighted by Gasteiger charge is -2.26. The molecule has 0 bridgehead atoms. The Bertz CT molecular complexity index is 528. The van der Waals surface area contributed by atoms with Crippen molar-refractivity contribution in [2.45, 2.75) is 0 Å². The van der Waals surface area contributed by atoms with Gasteiger partial charge >= 0.3 is 0 Å². The molecule has 1 aromatic carbocycles. The molecule has 5 nitrogen and oxygen atoms in total. The Balaban J connectivity index is 2.13. The van der Waals surface area contributed by atoms with Crippen molar-refractivity contribution >= 4 is 11.6 Å². The summed E-state index contributed by atoms with van der Waals surface area (Å²) in [7, 11) is 1.82. The molecule has 1 amide bonds. The molecule has 1 heterocycles. The fraction of sp³-hybridized carbons (Fsp3) is 0.333. The third-order valence-corrected chi connectivity index (χ3v) is 3.14. The van der Waals surface area contributed by atoms with Gasteiger partial charge in [-0.05, 0) is 12.1 Å². The van der Waals surface area contributed by atoms with Gasteiger partial charge in [0.15, 0.2) is 0 Å². The Hall–Kier alpha value is -2.32. The molecule has 1 fully saturated rings. The van der Waals surface area contributed by atoms with Gasteiger partial charge in [0.25, 0.3) is 5.91 Å². The lowest BCUT2D eigenvalue weighted by atomic mass is 10.2. The highest BCUT2D eigenvalue weighted by molar-refractivity contribution is 5.97. The summed E-state index contributed by atoms with van der Waals surface area (Å²) in [6.45, 7) is 2.12.